The lowest BCUT2D eigenvalue weighted by atomic mass is 9.77. The minimum Gasteiger partial charge on any atom is -0.394 e. The van der Waals surface area contributed by atoms with Crippen molar-refractivity contribution in [3.05, 3.63) is 75.4 Å². The SMILES string of the molecule is Cc1cc(/C=C/C(C)(C)C(=O)CC(C)(C)C(N)=O)ccc1Cc1cc([C@@H]2O[C@H](CO)[C@@H](O)[C@H](O)[C@H]2O)c(C)cc1C(C)C. The molecule has 3 rings (SSSR count). The number of amides is 1. The Balaban J connectivity index is 1.89. The monoisotopic (exact) mass is 595 g/mol. The highest BCUT2D eigenvalue weighted by molar-refractivity contribution is 5.92. The van der Waals surface area contributed by atoms with E-state index < -0.39 is 53.9 Å². The first kappa shape index (κ1) is 34.6. The highest BCUT2D eigenvalue weighted by Gasteiger charge is 2.44. The zero-order chi connectivity index (χ0) is 32.4. The number of aliphatic hydroxyl groups excluding tert-OH is 4. The van der Waals surface area contributed by atoms with Crippen molar-refractivity contribution in [1.82, 2.24) is 0 Å². The van der Waals surface area contributed by atoms with E-state index in [1.807, 2.05) is 52.0 Å². The molecule has 5 atom stereocenters. The van der Waals surface area contributed by atoms with E-state index in [1.165, 1.54) is 0 Å². The Kier molecular flexibility index (Phi) is 10.8. The van der Waals surface area contributed by atoms with Gasteiger partial charge in [0.25, 0.3) is 0 Å². The van der Waals surface area contributed by atoms with E-state index in [0.717, 1.165) is 33.4 Å². The van der Waals surface area contributed by atoms with Crippen molar-refractivity contribution in [1.29, 1.82) is 0 Å². The van der Waals surface area contributed by atoms with Crippen molar-refractivity contribution in [3.8, 4) is 0 Å². The molecule has 1 aliphatic heterocycles. The first-order valence-electron chi connectivity index (χ1n) is 15.0. The summed E-state index contributed by atoms with van der Waals surface area (Å²) >= 11 is 0. The van der Waals surface area contributed by atoms with E-state index in [-0.39, 0.29) is 18.1 Å². The van der Waals surface area contributed by atoms with Crippen LogP contribution in [0.4, 0.5) is 0 Å². The maximum atomic E-state index is 13.0. The summed E-state index contributed by atoms with van der Waals surface area (Å²) in [6, 6.07) is 10.2. The number of rotatable bonds is 11. The van der Waals surface area contributed by atoms with Gasteiger partial charge >= 0.3 is 0 Å². The summed E-state index contributed by atoms with van der Waals surface area (Å²) in [6.45, 7) is 14.8. The molecule has 1 heterocycles. The molecule has 0 radical (unpaired) electrons. The van der Waals surface area contributed by atoms with Gasteiger partial charge in [-0.15, -0.1) is 0 Å². The lowest BCUT2D eigenvalue weighted by Gasteiger charge is -2.41. The number of aryl methyl sites for hydroxylation is 2. The standard InChI is InChI=1S/C35H49NO7/c1-19(2)25-14-21(4)26(32-31(41)30(40)29(39)27(18-37)43-32)16-24(25)15-23-10-9-22(13-20(23)3)11-12-34(5,6)28(38)17-35(7,8)33(36)42/h9-14,16,19,27,29-32,37,39-41H,15,17-18H2,1-8H3,(H2,36,42)/b12-11+/t27-,29-,30+,31-,32+/m1/s1. The minimum absolute atomic E-state index is 0.0586. The smallest absolute Gasteiger partial charge is 0.223 e. The number of aliphatic hydroxyl groups is 4. The number of nitrogens with two attached hydrogens (primary N) is 1. The number of hydrogen-bond acceptors (Lipinski definition) is 7. The van der Waals surface area contributed by atoms with E-state index in [1.54, 1.807) is 13.8 Å². The highest BCUT2D eigenvalue weighted by atomic mass is 16.5. The highest BCUT2D eigenvalue weighted by Crippen LogP contribution is 2.37. The third-order valence-electron chi connectivity index (χ3n) is 8.78. The summed E-state index contributed by atoms with van der Waals surface area (Å²) in [7, 11) is 0. The maximum Gasteiger partial charge on any atom is 0.223 e. The van der Waals surface area contributed by atoms with Crippen molar-refractivity contribution in [2.24, 2.45) is 16.6 Å². The van der Waals surface area contributed by atoms with Crippen molar-refractivity contribution >= 4 is 17.8 Å². The molecule has 2 aromatic carbocycles. The van der Waals surface area contributed by atoms with E-state index in [4.69, 9.17) is 10.5 Å². The first-order valence-corrected chi connectivity index (χ1v) is 15.0. The summed E-state index contributed by atoms with van der Waals surface area (Å²) in [5.41, 5.74) is 10.7. The molecule has 0 bridgehead atoms. The molecule has 0 aliphatic carbocycles. The number of allylic oxidation sites excluding steroid dienone is 1. The van der Waals surface area contributed by atoms with E-state index in [2.05, 4.69) is 32.0 Å². The van der Waals surface area contributed by atoms with Crippen molar-refractivity contribution < 1.29 is 34.8 Å². The molecule has 1 aliphatic rings. The molecule has 0 unspecified atom stereocenters. The normalized spacial score (nSPS) is 23.2. The van der Waals surface area contributed by atoms with Crippen LogP contribution >= 0.6 is 0 Å². The van der Waals surface area contributed by atoms with Gasteiger partial charge in [-0.2, -0.15) is 0 Å². The Hall–Kier alpha value is -2.88. The number of carbonyl (C=O) groups excluding carboxylic acids is 2. The van der Waals surface area contributed by atoms with Crippen LogP contribution in [0.25, 0.3) is 6.08 Å². The lowest BCUT2D eigenvalue weighted by Crippen LogP contribution is -2.55. The summed E-state index contributed by atoms with van der Waals surface area (Å²) in [5.74, 6) is -0.322. The van der Waals surface area contributed by atoms with E-state index >= 15 is 0 Å². The zero-order valence-corrected chi connectivity index (χ0v) is 26.7. The molecule has 2 aromatic rings. The number of benzene rings is 2. The van der Waals surface area contributed by atoms with Crippen LogP contribution in [0.15, 0.2) is 36.4 Å². The quantitative estimate of drug-likeness (QED) is 0.263. The molecule has 0 saturated carbocycles. The topological polar surface area (TPSA) is 150 Å². The fourth-order valence-electron chi connectivity index (χ4n) is 5.49. The second kappa shape index (κ2) is 13.4. The van der Waals surface area contributed by atoms with Crippen LogP contribution in [0.2, 0.25) is 0 Å². The Labute approximate surface area is 255 Å². The van der Waals surface area contributed by atoms with Crippen LogP contribution in [0.1, 0.15) is 98.9 Å². The van der Waals surface area contributed by atoms with Gasteiger partial charge in [0.15, 0.2) is 0 Å². The Morgan fingerprint density at radius 3 is 2.16 bits per heavy atom. The summed E-state index contributed by atoms with van der Waals surface area (Å²) < 4.78 is 5.89. The van der Waals surface area contributed by atoms with Crippen LogP contribution in [0.3, 0.4) is 0 Å². The van der Waals surface area contributed by atoms with Crippen LogP contribution in [-0.4, -0.2) is 63.1 Å². The van der Waals surface area contributed by atoms with Crippen LogP contribution in [-0.2, 0) is 20.7 Å². The Morgan fingerprint density at radius 1 is 0.953 bits per heavy atom. The number of ketones is 1. The molecule has 8 nitrogen and oxygen atoms in total. The molecule has 43 heavy (non-hydrogen) atoms. The zero-order valence-electron chi connectivity index (χ0n) is 26.7. The van der Waals surface area contributed by atoms with Gasteiger partial charge in [-0.05, 0) is 79.0 Å². The van der Waals surface area contributed by atoms with Crippen LogP contribution < -0.4 is 5.73 Å². The van der Waals surface area contributed by atoms with Crippen molar-refractivity contribution in [2.75, 3.05) is 6.61 Å². The van der Waals surface area contributed by atoms with E-state index in [0.29, 0.717) is 12.0 Å². The number of carbonyl (C=O) groups is 2. The molecule has 8 heteroatoms. The number of hydrogen-bond donors (Lipinski definition) is 5. The maximum absolute atomic E-state index is 13.0. The van der Waals surface area contributed by atoms with Gasteiger partial charge in [-0.3, -0.25) is 9.59 Å². The average Bonchev–Trinajstić information content (AvgIpc) is 2.92. The van der Waals surface area contributed by atoms with Gasteiger partial charge in [0.2, 0.25) is 5.91 Å². The van der Waals surface area contributed by atoms with Crippen molar-refractivity contribution in [2.45, 2.75) is 105 Å². The van der Waals surface area contributed by atoms with Gasteiger partial charge in [0, 0.05) is 11.8 Å². The second-order valence-corrected chi connectivity index (χ2v) is 13.6. The Morgan fingerprint density at radius 2 is 1.60 bits per heavy atom. The summed E-state index contributed by atoms with van der Waals surface area (Å²) in [5, 5.41) is 41.1. The third-order valence-corrected chi connectivity index (χ3v) is 8.78. The van der Waals surface area contributed by atoms with Gasteiger partial charge in [-0.25, -0.2) is 0 Å². The first-order chi connectivity index (χ1) is 19.9. The lowest BCUT2D eigenvalue weighted by molar-refractivity contribution is -0.231. The molecule has 0 aromatic heterocycles. The second-order valence-electron chi connectivity index (χ2n) is 13.6. The van der Waals surface area contributed by atoms with Crippen LogP contribution in [0.5, 0.6) is 0 Å². The minimum atomic E-state index is -1.44. The molecule has 1 fully saturated rings. The fourth-order valence-corrected chi connectivity index (χ4v) is 5.49. The number of Topliss-reactive ketones (excluding diaryl/α,β-unsaturated/α-hetero) is 1. The van der Waals surface area contributed by atoms with E-state index in [9.17, 15) is 30.0 Å². The molecule has 6 N–H and O–H groups in total. The molecule has 1 amide bonds. The molecular weight excluding hydrogens is 546 g/mol. The fraction of sp³-hybridized carbons (Fsp3) is 0.543. The summed E-state index contributed by atoms with van der Waals surface area (Å²) in [6.07, 6.45) is -1.60. The number of ether oxygens (including phenoxy) is 1. The van der Waals surface area contributed by atoms with Gasteiger partial charge in [0.1, 0.15) is 36.3 Å². The van der Waals surface area contributed by atoms with Crippen LogP contribution in [0, 0.1) is 24.7 Å². The van der Waals surface area contributed by atoms with Gasteiger partial charge < -0.3 is 30.9 Å². The predicted molar refractivity (Wildman–Crippen MR) is 167 cm³/mol. The number of primary amides is 1. The molecule has 236 valence electrons. The predicted octanol–water partition coefficient (Wildman–Crippen LogP) is 4.04. The average molecular weight is 596 g/mol. The molecule has 1 saturated heterocycles. The third kappa shape index (κ3) is 7.80. The molecule has 0 spiro atoms. The summed E-state index contributed by atoms with van der Waals surface area (Å²) in [4.78, 5) is 24.7. The van der Waals surface area contributed by atoms with Gasteiger partial charge in [-0.1, -0.05) is 70.2 Å². The van der Waals surface area contributed by atoms with Gasteiger partial charge in [0.05, 0.1) is 12.0 Å². The largest absolute Gasteiger partial charge is 0.394 e. The molecular formula is C35H49NO7. The van der Waals surface area contributed by atoms with Crippen molar-refractivity contribution in [3.63, 3.8) is 0 Å². The Bertz CT molecular complexity index is 1360.